The molecular weight excluding hydrogens is 320 g/mol. The van der Waals surface area contributed by atoms with Crippen molar-refractivity contribution in [2.75, 3.05) is 14.2 Å². The second-order valence-electron chi connectivity index (χ2n) is 6.24. The van der Waals surface area contributed by atoms with Crippen molar-refractivity contribution in [3.05, 3.63) is 58.0 Å². The minimum atomic E-state index is -0.533. The molecule has 4 rings (SSSR count). The van der Waals surface area contributed by atoms with E-state index in [9.17, 15) is 9.59 Å². The molecule has 25 heavy (non-hydrogen) atoms. The van der Waals surface area contributed by atoms with Gasteiger partial charge >= 0.3 is 11.9 Å². The van der Waals surface area contributed by atoms with Gasteiger partial charge in [-0.15, -0.1) is 0 Å². The largest absolute Gasteiger partial charge is 0.465 e. The van der Waals surface area contributed by atoms with Crippen molar-refractivity contribution in [2.45, 2.75) is 19.9 Å². The summed E-state index contributed by atoms with van der Waals surface area (Å²) in [6.45, 7) is 2.50. The number of hydrogen-bond acceptors (Lipinski definition) is 4. The van der Waals surface area contributed by atoms with Crippen LogP contribution in [-0.2, 0) is 22.4 Å². The first-order valence-electron chi connectivity index (χ1n) is 8.02. The van der Waals surface area contributed by atoms with E-state index >= 15 is 0 Å². The second-order valence-corrected chi connectivity index (χ2v) is 6.24. The summed E-state index contributed by atoms with van der Waals surface area (Å²) >= 11 is 0. The maximum Gasteiger partial charge on any atom is 0.339 e. The Labute approximate surface area is 144 Å². The Morgan fingerprint density at radius 3 is 2.60 bits per heavy atom. The van der Waals surface area contributed by atoms with Gasteiger partial charge in [0.05, 0.1) is 31.9 Å². The van der Waals surface area contributed by atoms with Crippen molar-refractivity contribution in [3.8, 4) is 0 Å². The predicted molar refractivity (Wildman–Crippen MR) is 92.1 cm³/mol. The van der Waals surface area contributed by atoms with Crippen molar-refractivity contribution in [1.29, 1.82) is 0 Å². The smallest absolute Gasteiger partial charge is 0.339 e. The van der Waals surface area contributed by atoms with Gasteiger partial charge in [-0.05, 0) is 36.2 Å². The summed E-state index contributed by atoms with van der Waals surface area (Å²) in [5.41, 5.74) is 5.31. The molecule has 1 aliphatic heterocycles. The normalized spacial score (nSPS) is 12.6. The molecule has 128 valence electrons. The van der Waals surface area contributed by atoms with Crippen LogP contribution in [0, 0.1) is 6.92 Å². The third kappa shape index (κ3) is 2.17. The van der Waals surface area contributed by atoms with Crippen LogP contribution in [0.3, 0.4) is 0 Å². The molecule has 0 fully saturated rings. The van der Waals surface area contributed by atoms with E-state index in [4.69, 9.17) is 9.47 Å². The summed E-state index contributed by atoms with van der Waals surface area (Å²) in [6, 6.07) is 5.96. The van der Waals surface area contributed by atoms with E-state index in [-0.39, 0.29) is 11.1 Å². The molecule has 6 heteroatoms. The van der Waals surface area contributed by atoms with Crippen LogP contribution in [0.25, 0.3) is 10.9 Å². The van der Waals surface area contributed by atoms with E-state index in [1.165, 1.54) is 19.9 Å². The lowest BCUT2D eigenvalue weighted by Gasteiger charge is -2.17. The molecule has 0 radical (unpaired) electrons. The Morgan fingerprint density at radius 1 is 1.16 bits per heavy atom. The standard InChI is InChI=1S/C19H18N2O4/c1-10-7-13-16(17(19(23)25-3)15(10)18(22)24-2)12-8-11-5-4-6-21(11)9-14(12)20-13/h4-7,20H,8-9H2,1-3H3. The molecule has 1 aromatic carbocycles. The lowest BCUT2D eigenvalue weighted by atomic mass is 9.93. The number of hydrogen-bond donors (Lipinski definition) is 1. The molecule has 0 amide bonds. The summed E-state index contributed by atoms with van der Waals surface area (Å²) in [5.74, 6) is -1.06. The fourth-order valence-electron chi connectivity index (χ4n) is 3.74. The molecule has 0 unspecified atom stereocenters. The first-order valence-corrected chi connectivity index (χ1v) is 8.02. The van der Waals surface area contributed by atoms with Gasteiger partial charge in [0, 0.05) is 34.9 Å². The third-order valence-electron chi connectivity index (χ3n) is 4.87. The number of nitrogens with one attached hydrogen (secondary N) is 1. The summed E-state index contributed by atoms with van der Waals surface area (Å²) < 4.78 is 12.1. The quantitative estimate of drug-likeness (QED) is 0.571. The van der Waals surface area contributed by atoms with Crippen LogP contribution >= 0.6 is 0 Å². The minimum Gasteiger partial charge on any atom is -0.465 e. The van der Waals surface area contributed by atoms with Crippen LogP contribution in [0.1, 0.15) is 43.2 Å². The molecule has 6 nitrogen and oxygen atoms in total. The first-order chi connectivity index (χ1) is 12.0. The highest BCUT2D eigenvalue weighted by Gasteiger charge is 2.29. The number of fused-ring (bicyclic) bond motifs is 4. The number of aromatic amines is 1. The van der Waals surface area contributed by atoms with Gasteiger partial charge in [-0.3, -0.25) is 0 Å². The lowest BCUT2D eigenvalue weighted by molar-refractivity contribution is 0.0556. The fourth-order valence-corrected chi connectivity index (χ4v) is 3.74. The van der Waals surface area contributed by atoms with Crippen molar-refractivity contribution >= 4 is 22.8 Å². The van der Waals surface area contributed by atoms with Gasteiger partial charge in [0.25, 0.3) is 0 Å². The minimum absolute atomic E-state index is 0.268. The molecule has 3 aromatic rings. The predicted octanol–water partition coefficient (Wildman–Crippen LogP) is 2.80. The summed E-state index contributed by atoms with van der Waals surface area (Å²) in [6.07, 6.45) is 2.73. The molecule has 2 aromatic heterocycles. The van der Waals surface area contributed by atoms with Crippen LogP contribution in [-0.4, -0.2) is 35.7 Å². The van der Waals surface area contributed by atoms with Crippen molar-refractivity contribution < 1.29 is 19.1 Å². The fraction of sp³-hybridized carbons (Fsp3) is 0.263. The number of H-pyrrole nitrogens is 1. The molecule has 0 saturated carbocycles. The van der Waals surface area contributed by atoms with Crippen LogP contribution < -0.4 is 0 Å². The molecule has 0 aliphatic carbocycles. The zero-order valence-electron chi connectivity index (χ0n) is 14.3. The summed E-state index contributed by atoms with van der Waals surface area (Å²) in [4.78, 5) is 28.3. The molecule has 3 heterocycles. The number of aryl methyl sites for hydroxylation is 1. The Balaban J connectivity index is 2.06. The van der Waals surface area contributed by atoms with E-state index in [1.807, 2.05) is 18.3 Å². The van der Waals surface area contributed by atoms with E-state index in [2.05, 4.69) is 15.6 Å². The Morgan fingerprint density at radius 2 is 1.88 bits per heavy atom. The maximum atomic E-state index is 12.6. The van der Waals surface area contributed by atoms with Crippen LogP contribution in [0.2, 0.25) is 0 Å². The average Bonchev–Trinajstić information content (AvgIpc) is 3.20. The highest BCUT2D eigenvalue weighted by Crippen LogP contribution is 2.35. The van der Waals surface area contributed by atoms with E-state index in [0.29, 0.717) is 18.5 Å². The SMILES string of the molecule is COC(=O)c1c(C)cc2[nH]c3c(c2c1C(=O)OC)Cc1cccn1C3. The Bertz CT molecular complexity index is 1030. The molecular formula is C19H18N2O4. The van der Waals surface area contributed by atoms with E-state index in [1.54, 1.807) is 6.92 Å². The number of nitrogens with zero attached hydrogens (tertiary/aromatic N) is 1. The zero-order valence-corrected chi connectivity index (χ0v) is 14.3. The highest BCUT2D eigenvalue weighted by atomic mass is 16.5. The molecule has 0 bridgehead atoms. The number of carbonyl (C=O) groups excluding carboxylic acids is 2. The van der Waals surface area contributed by atoms with E-state index < -0.39 is 11.9 Å². The topological polar surface area (TPSA) is 73.3 Å². The molecule has 0 atom stereocenters. The first kappa shape index (κ1) is 15.5. The van der Waals surface area contributed by atoms with Gasteiger partial charge < -0.3 is 19.0 Å². The lowest BCUT2D eigenvalue weighted by Crippen LogP contribution is -2.16. The molecule has 1 aliphatic rings. The molecule has 0 spiro atoms. The van der Waals surface area contributed by atoms with Gasteiger partial charge in [0.1, 0.15) is 0 Å². The number of ether oxygens (including phenoxy) is 2. The van der Waals surface area contributed by atoms with Gasteiger partial charge in [-0.2, -0.15) is 0 Å². The number of rotatable bonds is 2. The van der Waals surface area contributed by atoms with Crippen LogP contribution in [0.5, 0.6) is 0 Å². The highest BCUT2D eigenvalue weighted by molar-refractivity contribution is 6.14. The second kappa shape index (κ2) is 5.51. The maximum absolute atomic E-state index is 12.6. The average molecular weight is 338 g/mol. The monoisotopic (exact) mass is 338 g/mol. The number of methoxy groups -OCH3 is 2. The number of carbonyl (C=O) groups is 2. The van der Waals surface area contributed by atoms with Gasteiger partial charge in [-0.25, -0.2) is 9.59 Å². The van der Waals surface area contributed by atoms with Gasteiger partial charge in [0.2, 0.25) is 0 Å². The van der Waals surface area contributed by atoms with Crippen molar-refractivity contribution in [3.63, 3.8) is 0 Å². The molecule has 0 saturated heterocycles. The van der Waals surface area contributed by atoms with Gasteiger partial charge in [0.15, 0.2) is 0 Å². The van der Waals surface area contributed by atoms with E-state index in [0.717, 1.165) is 22.2 Å². The Hall–Kier alpha value is -3.02. The summed E-state index contributed by atoms with van der Waals surface area (Å²) in [5, 5.41) is 0.750. The number of benzene rings is 1. The number of esters is 2. The Kier molecular flexibility index (Phi) is 3.42. The van der Waals surface area contributed by atoms with Gasteiger partial charge in [-0.1, -0.05) is 0 Å². The molecule has 1 N–H and O–H groups in total. The third-order valence-corrected chi connectivity index (χ3v) is 4.87. The zero-order chi connectivity index (χ0) is 17.7. The van der Waals surface area contributed by atoms with Crippen molar-refractivity contribution in [1.82, 2.24) is 9.55 Å². The summed E-state index contributed by atoms with van der Waals surface area (Å²) in [7, 11) is 2.63. The number of aromatic nitrogens is 2. The van der Waals surface area contributed by atoms with Crippen molar-refractivity contribution in [2.24, 2.45) is 0 Å². The van der Waals surface area contributed by atoms with Crippen LogP contribution in [0.4, 0.5) is 0 Å². The van der Waals surface area contributed by atoms with Crippen LogP contribution in [0.15, 0.2) is 24.4 Å².